The molecule has 11 heteroatoms. The van der Waals surface area contributed by atoms with Gasteiger partial charge in [-0.1, -0.05) is 39.0 Å². The molecule has 2 fully saturated rings. The van der Waals surface area contributed by atoms with Crippen molar-refractivity contribution in [3.05, 3.63) is 65.0 Å². The van der Waals surface area contributed by atoms with E-state index >= 15 is 0 Å². The molecule has 8 nitrogen and oxygen atoms in total. The Morgan fingerprint density at radius 3 is 2.43 bits per heavy atom. The monoisotopic (exact) mass is 580 g/mol. The highest BCUT2D eigenvalue weighted by atomic mass is 19.4. The van der Waals surface area contributed by atoms with E-state index < -0.39 is 17.7 Å². The van der Waals surface area contributed by atoms with Gasteiger partial charge in [-0.05, 0) is 53.3 Å². The number of nitrogens with zero attached hydrogens (tertiary/aromatic N) is 3. The molecule has 3 heterocycles. The number of hydrogen-bond acceptors (Lipinski definition) is 5. The molecule has 3 atom stereocenters. The summed E-state index contributed by atoms with van der Waals surface area (Å²) in [7, 11) is 0. The molecule has 0 unspecified atom stereocenters. The van der Waals surface area contributed by atoms with Crippen LogP contribution in [0.25, 0.3) is 17.1 Å². The highest BCUT2D eigenvalue weighted by Gasteiger charge is 2.50. The van der Waals surface area contributed by atoms with Gasteiger partial charge in [0.05, 0.1) is 29.0 Å². The van der Waals surface area contributed by atoms with Gasteiger partial charge in [0, 0.05) is 31.5 Å². The molecule has 1 N–H and O–H groups in total. The first-order valence-electron chi connectivity index (χ1n) is 14.0. The van der Waals surface area contributed by atoms with E-state index in [-0.39, 0.29) is 47.7 Å². The Morgan fingerprint density at radius 2 is 1.76 bits per heavy atom. The number of nitrogens with one attached hydrogen (secondary N) is 1. The number of benzene rings is 2. The minimum Gasteiger partial charge on any atom is -0.406 e. The molecule has 2 saturated heterocycles. The van der Waals surface area contributed by atoms with Crippen LogP contribution >= 0.6 is 0 Å². The number of imidazole rings is 1. The Morgan fingerprint density at radius 1 is 1.05 bits per heavy atom. The number of aromatic amines is 1. The van der Waals surface area contributed by atoms with Crippen molar-refractivity contribution < 1.29 is 32.3 Å². The summed E-state index contributed by atoms with van der Waals surface area (Å²) in [6, 6.07) is 11.2. The molecule has 1 aliphatic carbocycles. The zero-order valence-corrected chi connectivity index (χ0v) is 23.5. The standard InChI is InChI=1S/C31H31F3N4O4/c1-30(2,3)23(14-26(39)19-10-17-8-9-22(12-18(17)11-19)42-31(32,33)34)28(40)37-15-21-13-20(37)16-38(21)29(41)27-35-24-6-4-5-7-25(24)36-27/h4-9,11-12,20-21,23H,10,13-16H2,1-3H3,(H,35,36)/t20-,21-,23+/m0/s1. The largest absolute Gasteiger partial charge is 0.573 e. The Bertz CT molecular complexity index is 1590. The van der Waals surface area contributed by atoms with Crippen molar-refractivity contribution in [1.29, 1.82) is 0 Å². The predicted molar refractivity (Wildman–Crippen MR) is 148 cm³/mol. The molecule has 3 aliphatic rings. The molecule has 6 rings (SSSR count). The summed E-state index contributed by atoms with van der Waals surface area (Å²) in [5, 5.41) is 0. The van der Waals surface area contributed by atoms with E-state index in [2.05, 4.69) is 14.7 Å². The third-order valence-corrected chi connectivity index (χ3v) is 8.53. The number of alkyl halides is 3. The topological polar surface area (TPSA) is 95.6 Å². The van der Waals surface area contributed by atoms with Gasteiger partial charge < -0.3 is 19.5 Å². The van der Waals surface area contributed by atoms with Crippen molar-refractivity contribution in [1.82, 2.24) is 19.8 Å². The highest BCUT2D eigenvalue weighted by molar-refractivity contribution is 6.03. The summed E-state index contributed by atoms with van der Waals surface area (Å²) in [6.07, 6.45) is -2.26. The summed E-state index contributed by atoms with van der Waals surface area (Å²) in [5.74, 6) is -1.17. The lowest BCUT2D eigenvalue weighted by Gasteiger charge is -2.38. The molecule has 2 bridgehead atoms. The van der Waals surface area contributed by atoms with E-state index in [1.165, 1.54) is 18.2 Å². The summed E-state index contributed by atoms with van der Waals surface area (Å²) in [5.41, 5.74) is 2.69. The third-order valence-electron chi connectivity index (χ3n) is 8.53. The number of ether oxygens (including phenoxy) is 1. The minimum atomic E-state index is -4.80. The predicted octanol–water partition coefficient (Wildman–Crippen LogP) is 5.15. The van der Waals surface area contributed by atoms with Crippen LogP contribution in [0.5, 0.6) is 5.75 Å². The van der Waals surface area contributed by atoms with Gasteiger partial charge in [0.25, 0.3) is 5.91 Å². The van der Waals surface area contributed by atoms with Gasteiger partial charge in [-0.15, -0.1) is 13.2 Å². The molecule has 220 valence electrons. The van der Waals surface area contributed by atoms with Crippen LogP contribution in [0.4, 0.5) is 13.2 Å². The molecular weight excluding hydrogens is 549 g/mol. The summed E-state index contributed by atoms with van der Waals surface area (Å²) in [4.78, 5) is 51.7. The number of Topliss-reactive ketones (excluding diaryl/α,β-unsaturated/α-hetero) is 1. The fourth-order valence-corrected chi connectivity index (χ4v) is 6.34. The lowest BCUT2D eigenvalue weighted by molar-refractivity contribution is -0.274. The van der Waals surface area contributed by atoms with Crippen LogP contribution < -0.4 is 4.74 Å². The molecule has 42 heavy (non-hydrogen) atoms. The van der Waals surface area contributed by atoms with Crippen LogP contribution in [-0.2, 0) is 16.0 Å². The van der Waals surface area contributed by atoms with Crippen molar-refractivity contribution in [2.45, 2.75) is 58.5 Å². The minimum absolute atomic E-state index is 0.0103. The number of carbonyl (C=O) groups excluding carboxylic acids is 3. The number of rotatable bonds is 6. The number of ketones is 1. The van der Waals surface area contributed by atoms with Gasteiger partial charge in [0.2, 0.25) is 5.91 Å². The number of likely N-dealkylation sites (tertiary alicyclic amines) is 2. The normalized spacial score (nSPS) is 20.6. The Balaban J connectivity index is 1.13. The molecular formula is C31H31F3N4O4. The van der Waals surface area contributed by atoms with Crippen LogP contribution in [0.15, 0.2) is 48.0 Å². The highest BCUT2D eigenvalue weighted by Crippen LogP contribution is 2.39. The van der Waals surface area contributed by atoms with E-state index in [0.29, 0.717) is 37.1 Å². The van der Waals surface area contributed by atoms with Crippen LogP contribution in [0.3, 0.4) is 0 Å². The first kappa shape index (κ1) is 28.0. The number of hydrogen-bond donors (Lipinski definition) is 1. The quantitative estimate of drug-likeness (QED) is 0.435. The number of aromatic nitrogens is 2. The second-order valence-electron chi connectivity index (χ2n) is 12.4. The van der Waals surface area contributed by atoms with E-state index in [1.54, 1.807) is 11.0 Å². The number of allylic oxidation sites excluding steroid dienone is 1. The summed E-state index contributed by atoms with van der Waals surface area (Å²) < 4.78 is 41.9. The first-order chi connectivity index (χ1) is 19.8. The average Bonchev–Trinajstić information content (AvgIpc) is 3.70. The third kappa shape index (κ3) is 5.28. The second-order valence-corrected chi connectivity index (χ2v) is 12.4. The van der Waals surface area contributed by atoms with E-state index in [9.17, 15) is 27.6 Å². The van der Waals surface area contributed by atoms with Gasteiger partial charge in [0.15, 0.2) is 11.6 Å². The molecule has 3 aromatic rings. The van der Waals surface area contributed by atoms with Gasteiger partial charge in [-0.3, -0.25) is 14.4 Å². The van der Waals surface area contributed by atoms with Gasteiger partial charge >= 0.3 is 6.36 Å². The molecule has 2 amide bonds. The lowest BCUT2D eigenvalue weighted by atomic mass is 9.76. The maximum absolute atomic E-state index is 13.9. The Hall–Kier alpha value is -4.15. The van der Waals surface area contributed by atoms with Gasteiger partial charge in [-0.2, -0.15) is 0 Å². The lowest BCUT2D eigenvalue weighted by Crippen LogP contribution is -2.53. The van der Waals surface area contributed by atoms with Crippen molar-refractivity contribution in [2.75, 3.05) is 13.1 Å². The Kier molecular flexibility index (Phi) is 6.66. The zero-order chi connectivity index (χ0) is 30.0. The number of fused-ring (bicyclic) bond motifs is 4. The fourth-order valence-electron chi connectivity index (χ4n) is 6.34. The maximum Gasteiger partial charge on any atom is 0.573 e. The summed E-state index contributed by atoms with van der Waals surface area (Å²) in [6.45, 7) is 6.57. The molecule has 0 saturated carbocycles. The number of piperazine rings is 1. The van der Waals surface area contributed by atoms with Gasteiger partial charge in [0.1, 0.15) is 5.75 Å². The van der Waals surface area contributed by atoms with Crippen molar-refractivity contribution in [3.8, 4) is 5.75 Å². The van der Waals surface area contributed by atoms with Crippen molar-refractivity contribution in [2.24, 2.45) is 11.3 Å². The van der Waals surface area contributed by atoms with Crippen LogP contribution in [0, 0.1) is 11.3 Å². The average molecular weight is 581 g/mol. The molecule has 2 aromatic carbocycles. The van der Waals surface area contributed by atoms with Crippen LogP contribution in [0.2, 0.25) is 0 Å². The molecule has 2 aliphatic heterocycles. The van der Waals surface area contributed by atoms with E-state index in [0.717, 1.165) is 16.6 Å². The van der Waals surface area contributed by atoms with Crippen LogP contribution in [-0.4, -0.2) is 68.9 Å². The number of para-hydroxylation sites is 2. The van der Waals surface area contributed by atoms with E-state index in [1.807, 2.05) is 49.9 Å². The second kappa shape index (κ2) is 9.99. The molecule has 1 aromatic heterocycles. The van der Waals surface area contributed by atoms with Gasteiger partial charge in [-0.25, -0.2) is 4.98 Å². The number of carbonyl (C=O) groups is 3. The van der Waals surface area contributed by atoms with Crippen molar-refractivity contribution >= 4 is 34.7 Å². The first-order valence-corrected chi connectivity index (χ1v) is 14.0. The Labute approximate surface area is 240 Å². The van der Waals surface area contributed by atoms with Crippen molar-refractivity contribution in [3.63, 3.8) is 0 Å². The fraction of sp³-hybridized carbons (Fsp3) is 0.419. The SMILES string of the molecule is CC(C)(C)[C@H](CC(=O)C1=Cc2cc(OC(F)(F)F)ccc2C1)C(=O)N1C[C@@H]2C[C@H]1CN2C(=O)c1nc2ccccc2[nH]1. The molecule has 0 radical (unpaired) electrons. The summed E-state index contributed by atoms with van der Waals surface area (Å²) >= 11 is 0. The van der Waals surface area contributed by atoms with E-state index in [4.69, 9.17) is 0 Å². The van der Waals surface area contributed by atoms with Crippen LogP contribution in [0.1, 0.15) is 55.4 Å². The zero-order valence-electron chi connectivity index (χ0n) is 23.5. The number of amides is 2. The smallest absolute Gasteiger partial charge is 0.406 e. The molecule has 0 spiro atoms. The number of H-pyrrole nitrogens is 1. The maximum atomic E-state index is 13.9. The number of halogens is 3.